The average molecular weight is 408 g/mol. The molecule has 8 heteroatoms. The topological polar surface area (TPSA) is 6.48 Å². The van der Waals surface area contributed by atoms with Crippen LogP contribution in [0.25, 0.3) is 0 Å². The van der Waals surface area contributed by atoms with Crippen molar-refractivity contribution in [2.24, 2.45) is 11.8 Å². The van der Waals surface area contributed by atoms with Gasteiger partial charge < -0.3 is 0 Å². The van der Waals surface area contributed by atoms with E-state index in [0.717, 1.165) is 11.1 Å². The molecular weight excluding hydrogens is 382 g/mol. The predicted molar refractivity (Wildman–Crippen MR) is 94.6 cm³/mol. The van der Waals surface area contributed by atoms with Gasteiger partial charge in [0.2, 0.25) is 0 Å². The van der Waals surface area contributed by atoms with E-state index in [9.17, 15) is 26.3 Å². The molecule has 2 saturated heterocycles. The van der Waals surface area contributed by atoms with E-state index in [1.165, 1.54) is 0 Å². The first-order valence-corrected chi connectivity index (χ1v) is 9.77. The van der Waals surface area contributed by atoms with E-state index < -0.39 is 24.2 Å². The van der Waals surface area contributed by atoms with E-state index in [4.69, 9.17) is 0 Å². The Morgan fingerprint density at radius 2 is 1.18 bits per heavy atom. The van der Waals surface area contributed by atoms with Crippen molar-refractivity contribution in [1.82, 2.24) is 9.80 Å². The van der Waals surface area contributed by atoms with Gasteiger partial charge in [0.05, 0.1) is 11.8 Å². The summed E-state index contributed by atoms with van der Waals surface area (Å²) in [6.07, 6.45) is -6.93. The van der Waals surface area contributed by atoms with Crippen LogP contribution >= 0.6 is 0 Å². The van der Waals surface area contributed by atoms with Gasteiger partial charge in [-0.1, -0.05) is 24.3 Å². The molecule has 0 radical (unpaired) electrons. The van der Waals surface area contributed by atoms with Gasteiger partial charge in [-0.3, -0.25) is 9.80 Å². The fourth-order valence-corrected chi connectivity index (χ4v) is 4.28. The lowest BCUT2D eigenvalue weighted by Crippen LogP contribution is -2.41. The van der Waals surface area contributed by atoms with Crippen molar-refractivity contribution < 1.29 is 26.3 Å². The summed E-state index contributed by atoms with van der Waals surface area (Å²) < 4.78 is 77.9. The SMILES string of the molecule is FC(F)(F)[C@@H]1CCCN(Cc2cccc(CN3CCC[C@@H](C(F)(F)F)C3)c2)C1. The monoisotopic (exact) mass is 408 g/mol. The number of hydrogen-bond acceptors (Lipinski definition) is 2. The first kappa shape index (κ1) is 21.4. The summed E-state index contributed by atoms with van der Waals surface area (Å²) in [4.78, 5) is 3.64. The molecule has 3 rings (SSSR count). The molecule has 0 unspecified atom stereocenters. The Morgan fingerprint density at radius 1 is 0.750 bits per heavy atom. The number of likely N-dealkylation sites (tertiary alicyclic amines) is 2. The third-order valence-electron chi connectivity index (χ3n) is 5.74. The Bertz CT molecular complexity index is 591. The van der Waals surface area contributed by atoms with E-state index in [0.29, 0.717) is 39.0 Å². The molecule has 1 aromatic rings. The van der Waals surface area contributed by atoms with Crippen molar-refractivity contribution >= 4 is 0 Å². The normalized spacial score (nSPS) is 25.8. The second-order valence-corrected chi connectivity index (χ2v) is 8.05. The smallest absolute Gasteiger partial charge is 0.298 e. The van der Waals surface area contributed by atoms with Crippen molar-refractivity contribution in [3.8, 4) is 0 Å². The zero-order chi connectivity index (χ0) is 20.4. The molecule has 2 fully saturated rings. The maximum Gasteiger partial charge on any atom is 0.393 e. The summed E-state index contributed by atoms with van der Waals surface area (Å²) >= 11 is 0. The lowest BCUT2D eigenvalue weighted by atomic mass is 9.96. The number of alkyl halides is 6. The molecule has 2 aliphatic rings. The number of piperidine rings is 2. The lowest BCUT2D eigenvalue weighted by molar-refractivity contribution is -0.187. The Labute approximate surface area is 161 Å². The number of hydrogen-bond donors (Lipinski definition) is 0. The van der Waals surface area contributed by atoms with Crippen LogP contribution in [0.5, 0.6) is 0 Å². The highest BCUT2D eigenvalue weighted by Gasteiger charge is 2.42. The Hall–Kier alpha value is -1.28. The molecule has 2 aliphatic heterocycles. The molecule has 0 aromatic heterocycles. The molecule has 2 atom stereocenters. The summed E-state index contributed by atoms with van der Waals surface area (Å²) in [7, 11) is 0. The third-order valence-corrected chi connectivity index (χ3v) is 5.74. The predicted octanol–water partition coefficient (Wildman–Crippen LogP) is 5.24. The largest absolute Gasteiger partial charge is 0.393 e. The first-order valence-electron chi connectivity index (χ1n) is 9.77. The van der Waals surface area contributed by atoms with Gasteiger partial charge in [0.1, 0.15) is 0 Å². The van der Waals surface area contributed by atoms with Crippen LogP contribution in [0.15, 0.2) is 24.3 Å². The molecule has 0 N–H and O–H groups in total. The van der Waals surface area contributed by atoms with Gasteiger partial charge >= 0.3 is 12.4 Å². The molecule has 1 aromatic carbocycles. The Balaban J connectivity index is 1.58. The van der Waals surface area contributed by atoms with Crippen molar-refractivity contribution in [1.29, 1.82) is 0 Å². The van der Waals surface area contributed by atoms with Crippen LogP contribution in [-0.2, 0) is 13.1 Å². The van der Waals surface area contributed by atoms with Gasteiger partial charge in [-0.15, -0.1) is 0 Å². The van der Waals surface area contributed by atoms with Crippen LogP contribution < -0.4 is 0 Å². The third kappa shape index (κ3) is 5.86. The van der Waals surface area contributed by atoms with Crippen molar-refractivity contribution in [2.75, 3.05) is 26.2 Å². The zero-order valence-electron chi connectivity index (χ0n) is 15.7. The Kier molecular flexibility index (Phi) is 6.59. The highest BCUT2D eigenvalue weighted by atomic mass is 19.4. The van der Waals surface area contributed by atoms with Gasteiger partial charge in [0, 0.05) is 26.2 Å². The van der Waals surface area contributed by atoms with Gasteiger partial charge in [0.25, 0.3) is 0 Å². The van der Waals surface area contributed by atoms with Crippen molar-refractivity contribution in [2.45, 2.75) is 51.1 Å². The molecule has 0 saturated carbocycles. The standard InChI is InChI=1S/C20H26F6N2/c21-19(22,23)17-6-2-8-27(13-17)11-15-4-1-5-16(10-15)12-28-9-3-7-18(14-28)20(24,25)26/h1,4-5,10,17-18H,2-3,6-9,11-14H2/t17-,18-/m1/s1. The van der Waals surface area contributed by atoms with Crippen LogP contribution in [0.2, 0.25) is 0 Å². The van der Waals surface area contributed by atoms with Crippen LogP contribution in [0.1, 0.15) is 36.8 Å². The molecule has 158 valence electrons. The molecule has 0 aliphatic carbocycles. The van der Waals surface area contributed by atoms with Crippen LogP contribution in [0.3, 0.4) is 0 Å². The summed E-state index contributed by atoms with van der Waals surface area (Å²) in [5, 5.41) is 0. The van der Waals surface area contributed by atoms with Crippen molar-refractivity contribution in [3.63, 3.8) is 0 Å². The first-order chi connectivity index (χ1) is 13.1. The van der Waals surface area contributed by atoms with Gasteiger partial charge in [0.15, 0.2) is 0 Å². The summed E-state index contributed by atoms with van der Waals surface area (Å²) in [5.41, 5.74) is 1.81. The minimum Gasteiger partial charge on any atom is -0.298 e. The number of benzene rings is 1. The van der Waals surface area contributed by atoms with E-state index in [2.05, 4.69) is 0 Å². The maximum absolute atomic E-state index is 13.0. The molecule has 2 heterocycles. The van der Waals surface area contributed by atoms with E-state index in [-0.39, 0.29) is 25.9 Å². The fourth-order valence-electron chi connectivity index (χ4n) is 4.28. The quantitative estimate of drug-likeness (QED) is 0.629. The highest BCUT2D eigenvalue weighted by Crippen LogP contribution is 2.34. The molecule has 2 nitrogen and oxygen atoms in total. The van der Waals surface area contributed by atoms with Gasteiger partial charge in [-0.05, 0) is 49.9 Å². The zero-order valence-corrected chi connectivity index (χ0v) is 15.7. The second-order valence-electron chi connectivity index (χ2n) is 8.05. The van der Waals surface area contributed by atoms with E-state index in [1.807, 2.05) is 34.1 Å². The average Bonchev–Trinajstić information content (AvgIpc) is 2.61. The highest BCUT2D eigenvalue weighted by molar-refractivity contribution is 5.23. The minimum atomic E-state index is -4.16. The Morgan fingerprint density at radius 3 is 1.57 bits per heavy atom. The number of halogens is 6. The van der Waals surface area contributed by atoms with Gasteiger partial charge in [-0.2, -0.15) is 26.3 Å². The minimum absolute atomic E-state index is 0.00706. The van der Waals surface area contributed by atoms with Crippen LogP contribution in [0, 0.1) is 11.8 Å². The molecule has 0 spiro atoms. The maximum atomic E-state index is 13.0. The van der Waals surface area contributed by atoms with Crippen LogP contribution in [-0.4, -0.2) is 48.3 Å². The number of nitrogens with zero attached hydrogens (tertiary/aromatic N) is 2. The summed E-state index contributed by atoms with van der Waals surface area (Å²) in [6.45, 7) is 2.16. The molecule has 28 heavy (non-hydrogen) atoms. The lowest BCUT2D eigenvalue weighted by Gasteiger charge is -2.34. The van der Waals surface area contributed by atoms with Crippen molar-refractivity contribution in [3.05, 3.63) is 35.4 Å². The van der Waals surface area contributed by atoms with Gasteiger partial charge in [-0.25, -0.2) is 0 Å². The molecule has 0 amide bonds. The second kappa shape index (κ2) is 8.61. The summed E-state index contributed by atoms with van der Waals surface area (Å²) in [6, 6.07) is 7.49. The van der Waals surface area contributed by atoms with E-state index in [1.54, 1.807) is 0 Å². The molecular formula is C20H26F6N2. The van der Waals surface area contributed by atoms with Crippen LogP contribution in [0.4, 0.5) is 26.3 Å². The van der Waals surface area contributed by atoms with E-state index >= 15 is 0 Å². The summed E-state index contributed by atoms with van der Waals surface area (Å²) in [5.74, 6) is -2.56. The fraction of sp³-hybridized carbons (Fsp3) is 0.700. The number of rotatable bonds is 4. The molecule has 0 bridgehead atoms.